The number of aromatic nitrogens is 3. The average Bonchev–Trinajstić information content (AvgIpc) is 2.94. The van der Waals surface area contributed by atoms with Gasteiger partial charge in [0.25, 0.3) is 0 Å². The third kappa shape index (κ3) is 5.82. The quantitative estimate of drug-likeness (QED) is 0.525. The molecule has 2 aromatic carbocycles. The van der Waals surface area contributed by atoms with E-state index >= 15 is 0 Å². The van der Waals surface area contributed by atoms with Gasteiger partial charge in [-0.1, -0.05) is 0 Å². The Hall–Kier alpha value is -4.27. The number of benzene rings is 2. The molecule has 2 aliphatic heterocycles. The number of nitriles is 1. The third-order valence-electron chi connectivity index (χ3n) is 6.53. The molecule has 2 amide bonds. The summed E-state index contributed by atoms with van der Waals surface area (Å²) in [6.07, 6.45) is 0. The topological polar surface area (TPSA) is 129 Å². The van der Waals surface area contributed by atoms with Crippen LogP contribution < -0.4 is 20.4 Å². The molecule has 0 bridgehead atoms. The molecule has 0 radical (unpaired) electrons. The number of morpholine rings is 2. The minimum absolute atomic E-state index is 0.148. The van der Waals surface area contributed by atoms with Crippen LogP contribution in [-0.2, 0) is 9.47 Å². The number of anilines is 4. The van der Waals surface area contributed by atoms with Crippen molar-refractivity contribution in [2.24, 2.45) is 0 Å². The number of hydrogen-bond acceptors (Lipinski definition) is 9. The van der Waals surface area contributed by atoms with Gasteiger partial charge in [-0.25, -0.2) is 4.79 Å². The average molecular weight is 515 g/mol. The summed E-state index contributed by atoms with van der Waals surface area (Å²) in [6.45, 7) is 8.11. The summed E-state index contributed by atoms with van der Waals surface area (Å²) in [7, 11) is 0. The molecule has 2 saturated heterocycles. The van der Waals surface area contributed by atoms with Crippen LogP contribution in [0.1, 0.15) is 19.4 Å². The largest absolute Gasteiger partial charge is 0.377 e. The summed E-state index contributed by atoms with van der Waals surface area (Å²) in [4.78, 5) is 31.3. The van der Waals surface area contributed by atoms with Crippen molar-refractivity contribution in [3.05, 3.63) is 54.1 Å². The zero-order chi connectivity index (χ0) is 26.5. The van der Waals surface area contributed by atoms with Crippen LogP contribution in [0.4, 0.5) is 28.1 Å². The smallest absolute Gasteiger partial charge is 0.323 e. The first-order valence-electron chi connectivity index (χ1n) is 12.6. The maximum absolute atomic E-state index is 12.4. The van der Waals surface area contributed by atoms with Gasteiger partial charge in [-0.2, -0.15) is 20.2 Å². The van der Waals surface area contributed by atoms with E-state index in [-0.39, 0.29) is 18.1 Å². The van der Waals surface area contributed by atoms with Gasteiger partial charge >= 0.3 is 6.03 Å². The first-order valence-corrected chi connectivity index (χ1v) is 12.6. The van der Waals surface area contributed by atoms with Crippen LogP contribution in [0.15, 0.2) is 48.5 Å². The lowest BCUT2D eigenvalue weighted by Gasteiger charge is -2.36. The van der Waals surface area contributed by atoms with Crippen LogP contribution in [0.25, 0.3) is 11.4 Å². The molecular weight excluding hydrogens is 484 g/mol. The van der Waals surface area contributed by atoms with Crippen LogP contribution in [0, 0.1) is 11.3 Å². The highest BCUT2D eigenvalue weighted by atomic mass is 16.5. The molecule has 3 heterocycles. The standard InChI is InChI=1S/C27H30N8O3/c1-18-16-37-13-11-34(18)25-31-24(32-26(33-25)35-12-14-38-17-19(35)2)21-5-9-23(10-6-21)30-27(36)29-22-7-3-20(15-28)4-8-22/h3-10,18-19H,11-14,16-17H2,1-2H3,(H2,29,30,36). The van der Waals surface area contributed by atoms with Gasteiger partial charge in [-0.05, 0) is 62.4 Å². The zero-order valence-electron chi connectivity index (χ0n) is 21.4. The molecular formula is C27H30N8O3. The van der Waals surface area contributed by atoms with Crippen molar-refractivity contribution in [3.8, 4) is 17.5 Å². The van der Waals surface area contributed by atoms with Gasteiger partial charge in [-0.15, -0.1) is 0 Å². The Balaban J connectivity index is 1.36. The Bertz CT molecular complexity index is 1270. The number of carbonyl (C=O) groups excluding carboxylic acids is 1. The van der Waals surface area contributed by atoms with Crippen LogP contribution >= 0.6 is 0 Å². The summed E-state index contributed by atoms with van der Waals surface area (Å²) in [5, 5.41) is 14.5. The molecule has 2 atom stereocenters. The van der Waals surface area contributed by atoms with Gasteiger partial charge in [0.15, 0.2) is 5.82 Å². The van der Waals surface area contributed by atoms with Crippen molar-refractivity contribution in [1.29, 1.82) is 5.26 Å². The van der Waals surface area contributed by atoms with Crippen LogP contribution in [-0.4, -0.2) is 72.6 Å². The minimum Gasteiger partial charge on any atom is -0.377 e. The number of amides is 2. The number of urea groups is 1. The number of hydrogen-bond donors (Lipinski definition) is 2. The van der Waals surface area contributed by atoms with Crippen molar-refractivity contribution in [1.82, 2.24) is 15.0 Å². The summed E-state index contributed by atoms with van der Waals surface area (Å²) >= 11 is 0. The Morgan fingerprint density at radius 2 is 1.34 bits per heavy atom. The zero-order valence-corrected chi connectivity index (χ0v) is 21.4. The monoisotopic (exact) mass is 514 g/mol. The van der Waals surface area contributed by atoms with Gasteiger partial charge < -0.3 is 29.9 Å². The van der Waals surface area contributed by atoms with E-state index in [1.54, 1.807) is 24.3 Å². The fourth-order valence-corrected chi connectivity index (χ4v) is 4.41. The third-order valence-corrected chi connectivity index (χ3v) is 6.53. The minimum atomic E-state index is -0.380. The fraction of sp³-hybridized carbons (Fsp3) is 0.370. The normalized spacial score (nSPS) is 19.5. The van der Waals surface area contributed by atoms with E-state index in [2.05, 4.69) is 40.4 Å². The lowest BCUT2D eigenvalue weighted by atomic mass is 10.2. The summed E-state index contributed by atoms with van der Waals surface area (Å²) in [6, 6.07) is 16.0. The van der Waals surface area contributed by atoms with Gasteiger partial charge in [0.05, 0.1) is 50.1 Å². The van der Waals surface area contributed by atoms with Crippen LogP contribution in [0.3, 0.4) is 0 Å². The molecule has 2 aliphatic rings. The number of ether oxygens (including phenoxy) is 2. The Kier molecular flexibility index (Phi) is 7.62. The molecule has 2 fully saturated rings. The highest BCUT2D eigenvalue weighted by molar-refractivity contribution is 5.99. The van der Waals surface area contributed by atoms with Crippen molar-refractivity contribution in [2.75, 3.05) is 60.0 Å². The second-order valence-electron chi connectivity index (χ2n) is 9.34. The molecule has 0 aliphatic carbocycles. The van der Waals surface area contributed by atoms with Crippen LogP contribution in [0.5, 0.6) is 0 Å². The first-order chi connectivity index (χ1) is 18.5. The second kappa shape index (κ2) is 11.4. The molecule has 2 unspecified atom stereocenters. The van der Waals surface area contributed by atoms with E-state index in [1.807, 2.05) is 24.3 Å². The molecule has 11 heteroatoms. The van der Waals surface area contributed by atoms with Gasteiger partial charge in [0, 0.05) is 30.0 Å². The number of nitrogens with zero attached hydrogens (tertiary/aromatic N) is 6. The Morgan fingerprint density at radius 1 is 0.842 bits per heavy atom. The van der Waals surface area contributed by atoms with E-state index in [9.17, 15) is 4.79 Å². The van der Waals surface area contributed by atoms with Gasteiger partial charge in [-0.3, -0.25) is 0 Å². The van der Waals surface area contributed by atoms with E-state index in [0.717, 1.165) is 5.56 Å². The summed E-state index contributed by atoms with van der Waals surface area (Å²) in [5.74, 6) is 1.82. The van der Waals surface area contributed by atoms with Gasteiger partial charge in [0.2, 0.25) is 11.9 Å². The van der Waals surface area contributed by atoms with E-state index < -0.39 is 0 Å². The highest BCUT2D eigenvalue weighted by Crippen LogP contribution is 2.26. The molecule has 196 valence electrons. The van der Waals surface area contributed by atoms with E-state index in [1.165, 1.54) is 0 Å². The molecule has 1 aromatic heterocycles. The number of nitrogens with one attached hydrogen (secondary N) is 2. The van der Waals surface area contributed by atoms with Crippen molar-refractivity contribution in [2.45, 2.75) is 25.9 Å². The summed E-state index contributed by atoms with van der Waals surface area (Å²) in [5.41, 5.74) is 2.56. The van der Waals surface area contributed by atoms with Crippen molar-refractivity contribution >= 4 is 29.3 Å². The lowest BCUT2D eigenvalue weighted by molar-refractivity contribution is 0.0969. The lowest BCUT2D eigenvalue weighted by Crippen LogP contribution is -2.46. The predicted molar refractivity (Wildman–Crippen MR) is 144 cm³/mol. The SMILES string of the molecule is CC1COCCN1c1nc(-c2ccc(NC(=O)Nc3ccc(C#N)cc3)cc2)nc(N2CCOCC2C)n1. The highest BCUT2D eigenvalue weighted by Gasteiger charge is 2.27. The van der Waals surface area contributed by atoms with E-state index in [4.69, 9.17) is 29.7 Å². The van der Waals surface area contributed by atoms with E-state index in [0.29, 0.717) is 74.2 Å². The van der Waals surface area contributed by atoms with Gasteiger partial charge in [0.1, 0.15) is 0 Å². The number of carbonyl (C=O) groups is 1. The Morgan fingerprint density at radius 3 is 1.82 bits per heavy atom. The Labute approximate surface area is 221 Å². The summed E-state index contributed by atoms with van der Waals surface area (Å²) < 4.78 is 11.2. The molecule has 11 nitrogen and oxygen atoms in total. The molecule has 5 rings (SSSR count). The molecule has 0 saturated carbocycles. The first kappa shape index (κ1) is 25.4. The number of rotatable bonds is 5. The maximum atomic E-state index is 12.4. The molecule has 0 spiro atoms. The van der Waals surface area contributed by atoms with Crippen molar-refractivity contribution < 1.29 is 14.3 Å². The van der Waals surface area contributed by atoms with Crippen molar-refractivity contribution in [3.63, 3.8) is 0 Å². The molecule has 38 heavy (non-hydrogen) atoms. The maximum Gasteiger partial charge on any atom is 0.323 e. The fourth-order valence-electron chi connectivity index (χ4n) is 4.41. The molecule has 3 aromatic rings. The molecule has 2 N–H and O–H groups in total. The van der Waals surface area contributed by atoms with Crippen LogP contribution in [0.2, 0.25) is 0 Å². The second-order valence-corrected chi connectivity index (χ2v) is 9.34. The predicted octanol–water partition coefficient (Wildman–Crippen LogP) is 3.50.